The topological polar surface area (TPSA) is 73.5 Å². The molecule has 0 bridgehead atoms. The van der Waals surface area contributed by atoms with Gasteiger partial charge in [-0.25, -0.2) is 4.39 Å². The van der Waals surface area contributed by atoms with E-state index in [0.29, 0.717) is 13.1 Å². The number of piperidine rings is 1. The summed E-state index contributed by atoms with van der Waals surface area (Å²) in [6.45, 7) is 4.18. The van der Waals surface area contributed by atoms with Gasteiger partial charge in [-0.2, -0.15) is 0 Å². The number of thioether (sulfide) groups is 1. The van der Waals surface area contributed by atoms with Crippen LogP contribution in [0, 0.1) is 18.7 Å². The minimum atomic E-state index is -0.287. The molecule has 3 N–H and O–H groups in total. The minimum Gasteiger partial charge on any atom is -0.331 e. The highest BCUT2D eigenvalue weighted by Crippen LogP contribution is 2.25. The number of nitrogens with one attached hydrogen (secondary N) is 3. The predicted octanol–water partition coefficient (Wildman–Crippen LogP) is 3.46. The Balaban J connectivity index is 1.25. The Morgan fingerprint density at radius 3 is 2.81 bits per heavy atom. The second-order valence-electron chi connectivity index (χ2n) is 8.24. The van der Waals surface area contributed by atoms with E-state index in [1.54, 1.807) is 12.1 Å². The van der Waals surface area contributed by atoms with Gasteiger partial charge in [0.2, 0.25) is 11.8 Å². The lowest BCUT2D eigenvalue weighted by atomic mass is 9.89. The molecule has 2 aliphatic rings. The minimum absolute atomic E-state index is 0.0130. The van der Waals surface area contributed by atoms with Crippen LogP contribution in [0.5, 0.6) is 0 Å². The summed E-state index contributed by atoms with van der Waals surface area (Å²) in [5.74, 6) is -0.239. The monoisotopic (exact) mass is 520 g/mol. The Kier molecular flexibility index (Phi) is 7.50. The van der Waals surface area contributed by atoms with Crippen molar-refractivity contribution >= 4 is 45.2 Å². The van der Waals surface area contributed by atoms with Gasteiger partial charge in [0.25, 0.3) is 0 Å². The molecule has 2 saturated heterocycles. The van der Waals surface area contributed by atoms with E-state index in [1.165, 1.54) is 23.9 Å². The SMILES string of the molecule is Cc1cc(NC(=O)CSC2NC(=O)C3CN(Cc4ccc(F)cc4)CCC3N2)ccc1Br. The lowest BCUT2D eigenvalue weighted by Crippen LogP contribution is -2.64. The highest BCUT2D eigenvalue weighted by molar-refractivity contribution is 9.10. The van der Waals surface area contributed by atoms with Crippen LogP contribution < -0.4 is 16.0 Å². The quantitative estimate of drug-likeness (QED) is 0.543. The van der Waals surface area contributed by atoms with Gasteiger partial charge in [-0.05, 0) is 54.8 Å². The zero-order chi connectivity index (χ0) is 22.7. The predicted molar refractivity (Wildman–Crippen MR) is 129 cm³/mol. The first-order chi connectivity index (χ1) is 15.4. The molecule has 4 rings (SSSR count). The van der Waals surface area contributed by atoms with Crippen molar-refractivity contribution in [1.29, 1.82) is 0 Å². The van der Waals surface area contributed by atoms with Crippen molar-refractivity contribution in [3.8, 4) is 0 Å². The third kappa shape index (κ3) is 5.89. The van der Waals surface area contributed by atoms with E-state index < -0.39 is 0 Å². The number of fused-ring (bicyclic) bond motifs is 1. The molecule has 3 atom stereocenters. The van der Waals surface area contributed by atoms with Crippen molar-refractivity contribution in [2.45, 2.75) is 31.4 Å². The maximum atomic E-state index is 13.1. The molecule has 0 aromatic heterocycles. The molecule has 170 valence electrons. The number of hydrogen-bond donors (Lipinski definition) is 3. The van der Waals surface area contributed by atoms with Gasteiger partial charge in [-0.3, -0.25) is 19.8 Å². The highest BCUT2D eigenvalue weighted by Gasteiger charge is 2.39. The first-order valence-corrected chi connectivity index (χ1v) is 12.4. The van der Waals surface area contributed by atoms with E-state index in [9.17, 15) is 14.0 Å². The number of likely N-dealkylation sites (tertiary alicyclic amines) is 1. The number of aryl methyl sites for hydroxylation is 1. The summed E-state index contributed by atoms with van der Waals surface area (Å²) in [4.78, 5) is 27.3. The van der Waals surface area contributed by atoms with E-state index in [2.05, 4.69) is 36.8 Å². The van der Waals surface area contributed by atoms with E-state index in [4.69, 9.17) is 0 Å². The molecule has 2 aromatic carbocycles. The maximum absolute atomic E-state index is 13.1. The fourth-order valence-electron chi connectivity index (χ4n) is 4.12. The largest absolute Gasteiger partial charge is 0.331 e. The first kappa shape index (κ1) is 23.2. The summed E-state index contributed by atoms with van der Waals surface area (Å²) in [6.07, 6.45) is 0.848. The van der Waals surface area contributed by atoms with Gasteiger partial charge < -0.3 is 10.6 Å². The Morgan fingerprint density at radius 1 is 1.28 bits per heavy atom. The highest BCUT2D eigenvalue weighted by atomic mass is 79.9. The molecule has 32 heavy (non-hydrogen) atoms. The number of hydrogen-bond acceptors (Lipinski definition) is 5. The van der Waals surface area contributed by atoms with Crippen molar-refractivity contribution in [3.05, 3.63) is 63.9 Å². The summed E-state index contributed by atoms with van der Waals surface area (Å²) >= 11 is 4.84. The number of nitrogens with zero attached hydrogens (tertiary/aromatic N) is 1. The maximum Gasteiger partial charge on any atom is 0.234 e. The van der Waals surface area contributed by atoms with Crippen LogP contribution in [0.15, 0.2) is 46.9 Å². The van der Waals surface area contributed by atoms with Gasteiger partial charge in [-0.1, -0.05) is 28.1 Å². The molecule has 2 amide bonds. The molecule has 0 radical (unpaired) electrons. The van der Waals surface area contributed by atoms with E-state index >= 15 is 0 Å². The normalized spacial score (nSPS) is 23.3. The molecule has 3 unspecified atom stereocenters. The fraction of sp³-hybridized carbons (Fsp3) is 0.391. The van der Waals surface area contributed by atoms with Crippen LogP contribution >= 0.6 is 27.7 Å². The second kappa shape index (κ2) is 10.3. The standard InChI is InChI=1S/C23H26BrFN4O2S/c1-14-10-17(6-7-19(14)24)26-21(30)13-32-23-27-20-8-9-29(12-18(20)22(31)28-23)11-15-2-4-16(25)5-3-15/h2-7,10,18,20,23,27H,8-9,11-13H2,1H3,(H,26,30)(H,28,31). The third-order valence-electron chi connectivity index (χ3n) is 5.81. The van der Waals surface area contributed by atoms with Crippen molar-refractivity contribution in [2.24, 2.45) is 5.92 Å². The molecule has 0 saturated carbocycles. The summed E-state index contributed by atoms with van der Waals surface area (Å²) in [7, 11) is 0. The van der Waals surface area contributed by atoms with Gasteiger partial charge in [0.1, 0.15) is 11.3 Å². The van der Waals surface area contributed by atoms with Crippen molar-refractivity contribution in [1.82, 2.24) is 15.5 Å². The summed E-state index contributed by atoms with van der Waals surface area (Å²) in [5, 5.41) is 9.37. The lowest BCUT2D eigenvalue weighted by Gasteiger charge is -2.43. The molecule has 9 heteroatoms. The first-order valence-electron chi connectivity index (χ1n) is 10.6. The van der Waals surface area contributed by atoms with Crippen LogP contribution in [-0.2, 0) is 16.1 Å². The summed E-state index contributed by atoms with van der Waals surface area (Å²) in [5.41, 5.74) is 2.55. The molecule has 2 fully saturated rings. The average molecular weight is 521 g/mol. The van der Waals surface area contributed by atoms with Crippen LogP contribution in [0.2, 0.25) is 0 Å². The summed E-state index contributed by atoms with van der Waals surface area (Å²) < 4.78 is 14.1. The van der Waals surface area contributed by atoms with Crippen molar-refractivity contribution in [3.63, 3.8) is 0 Å². The number of anilines is 1. The van der Waals surface area contributed by atoms with Gasteiger partial charge in [0, 0.05) is 35.8 Å². The molecule has 2 aliphatic heterocycles. The number of rotatable bonds is 6. The van der Waals surface area contributed by atoms with Crippen molar-refractivity contribution < 1.29 is 14.0 Å². The van der Waals surface area contributed by atoms with Crippen LogP contribution in [0.1, 0.15) is 17.5 Å². The molecule has 2 heterocycles. The zero-order valence-electron chi connectivity index (χ0n) is 17.7. The van der Waals surface area contributed by atoms with E-state index in [1.807, 2.05) is 25.1 Å². The van der Waals surface area contributed by atoms with Crippen LogP contribution in [0.4, 0.5) is 10.1 Å². The number of amides is 2. The van der Waals surface area contributed by atoms with E-state index in [-0.39, 0.29) is 40.8 Å². The lowest BCUT2D eigenvalue weighted by molar-refractivity contribution is -0.130. The average Bonchev–Trinajstić information content (AvgIpc) is 2.77. The molecular formula is C23H26BrFN4O2S. The number of carbonyl (C=O) groups is 2. The van der Waals surface area contributed by atoms with Gasteiger partial charge in [-0.15, -0.1) is 11.8 Å². The molecule has 2 aromatic rings. The molecular weight excluding hydrogens is 495 g/mol. The zero-order valence-corrected chi connectivity index (χ0v) is 20.1. The number of halogens is 2. The molecule has 0 spiro atoms. The van der Waals surface area contributed by atoms with Crippen LogP contribution in [0.3, 0.4) is 0 Å². The van der Waals surface area contributed by atoms with Crippen LogP contribution in [-0.4, -0.2) is 47.1 Å². The Bertz CT molecular complexity index is 990. The Labute approximate surface area is 199 Å². The van der Waals surface area contributed by atoms with Gasteiger partial charge in [0.05, 0.1) is 11.7 Å². The molecule has 0 aliphatic carbocycles. The number of carbonyl (C=O) groups excluding carboxylic acids is 2. The Morgan fingerprint density at radius 2 is 2.06 bits per heavy atom. The third-order valence-corrected chi connectivity index (χ3v) is 7.72. The van der Waals surface area contributed by atoms with E-state index in [0.717, 1.165) is 34.3 Å². The fourth-order valence-corrected chi connectivity index (χ4v) is 5.22. The number of benzene rings is 2. The van der Waals surface area contributed by atoms with Crippen molar-refractivity contribution in [2.75, 3.05) is 24.2 Å². The smallest absolute Gasteiger partial charge is 0.234 e. The van der Waals surface area contributed by atoms with Crippen LogP contribution in [0.25, 0.3) is 0 Å². The summed E-state index contributed by atoms with van der Waals surface area (Å²) in [6, 6.07) is 12.3. The Hall–Kier alpha value is -1.94. The second-order valence-corrected chi connectivity index (χ2v) is 10.2. The van der Waals surface area contributed by atoms with Gasteiger partial charge >= 0.3 is 0 Å². The molecule has 6 nitrogen and oxygen atoms in total. The van der Waals surface area contributed by atoms with Gasteiger partial charge in [0.15, 0.2) is 0 Å².